The Labute approximate surface area is 132 Å². The molecule has 2 heterocycles. The third-order valence-corrected chi connectivity index (χ3v) is 5.07. The van der Waals surface area contributed by atoms with Gasteiger partial charge in [0.15, 0.2) is 0 Å². The van der Waals surface area contributed by atoms with Crippen molar-refractivity contribution in [2.45, 2.75) is 57.1 Å². The summed E-state index contributed by atoms with van der Waals surface area (Å²) in [5, 5.41) is 2.84. The molecule has 3 amide bonds. The molecule has 0 radical (unpaired) electrons. The molecule has 6 heteroatoms. The minimum Gasteiger partial charge on any atom is -0.368 e. The Morgan fingerprint density at radius 2 is 1.95 bits per heavy atom. The quantitative estimate of drug-likeness (QED) is 0.853. The maximum absolute atomic E-state index is 12.4. The zero-order chi connectivity index (χ0) is 15.4. The predicted octanol–water partition coefficient (Wildman–Crippen LogP) is 1.35. The van der Waals surface area contributed by atoms with Crippen LogP contribution in [0.5, 0.6) is 0 Å². The van der Waals surface area contributed by atoms with E-state index in [0.717, 1.165) is 38.8 Å². The largest absolute Gasteiger partial charge is 0.368 e. The summed E-state index contributed by atoms with van der Waals surface area (Å²) in [4.78, 5) is 27.9. The van der Waals surface area contributed by atoms with Gasteiger partial charge in [0.25, 0.3) is 0 Å². The minimum atomic E-state index is 0.0118. The van der Waals surface area contributed by atoms with Crippen molar-refractivity contribution >= 4 is 11.9 Å². The number of piperidine rings is 1. The molecule has 0 bridgehead atoms. The first-order chi connectivity index (χ1) is 10.7. The standard InChI is InChI=1S/C16H27N3O3/c20-15(12-22-14-6-2-1-3-7-14)18-9-4-5-13(11-18)19-10-8-17-16(19)21/h13-14H,1-12H2,(H,17,21)/t13-/m0/s1. The molecule has 22 heavy (non-hydrogen) atoms. The molecule has 1 saturated carbocycles. The Bertz CT molecular complexity index is 409. The van der Waals surface area contributed by atoms with Gasteiger partial charge in [0.1, 0.15) is 6.61 Å². The average molecular weight is 309 g/mol. The fraction of sp³-hybridized carbons (Fsp3) is 0.875. The second kappa shape index (κ2) is 7.31. The molecule has 0 spiro atoms. The van der Waals surface area contributed by atoms with Crippen molar-refractivity contribution < 1.29 is 14.3 Å². The van der Waals surface area contributed by atoms with Gasteiger partial charge in [0, 0.05) is 26.2 Å². The van der Waals surface area contributed by atoms with E-state index in [1.165, 1.54) is 19.3 Å². The van der Waals surface area contributed by atoms with Gasteiger partial charge >= 0.3 is 6.03 Å². The number of rotatable bonds is 4. The highest BCUT2D eigenvalue weighted by Crippen LogP contribution is 2.21. The summed E-state index contributed by atoms with van der Waals surface area (Å²) in [7, 11) is 0. The molecule has 0 aromatic heterocycles. The first-order valence-corrected chi connectivity index (χ1v) is 8.68. The maximum Gasteiger partial charge on any atom is 0.317 e. The molecule has 1 aliphatic carbocycles. The molecule has 3 rings (SSSR count). The van der Waals surface area contributed by atoms with Gasteiger partial charge in [-0.15, -0.1) is 0 Å². The van der Waals surface area contributed by atoms with Gasteiger partial charge in [-0.2, -0.15) is 0 Å². The van der Waals surface area contributed by atoms with Crippen LogP contribution in [0.25, 0.3) is 0 Å². The van der Waals surface area contributed by atoms with Crippen LogP contribution in [0, 0.1) is 0 Å². The summed E-state index contributed by atoms with van der Waals surface area (Å²) in [5.74, 6) is 0.0786. The summed E-state index contributed by atoms with van der Waals surface area (Å²) >= 11 is 0. The number of hydrogen-bond donors (Lipinski definition) is 1. The van der Waals surface area contributed by atoms with Crippen LogP contribution in [0.2, 0.25) is 0 Å². The smallest absolute Gasteiger partial charge is 0.317 e. The molecule has 2 aliphatic heterocycles. The molecular weight excluding hydrogens is 282 g/mol. The van der Waals surface area contributed by atoms with E-state index in [-0.39, 0.29) is 30.7 Å². The maximum atomic E-state index is 12.4. The van der Waals surface area contributed by atoms with Gasteiger partial charge in [0.2, 0.25) is 5.91 Å². The number of amides is 3. The summed E-state index contributed by atoms with van der Waals surface area (Å²) in [5.41, 5.74) is 0. The molecule has 0 aromatic rings. The van der Waals surface area contributed by atoms with E-state index >= 15 is 0 Å². The summed E-state index contributed by atoms with van der Waals surface area (Å²) < 4.78 is 5.80. The van der Waals surface area contributed by atoms with Crippen molar-refractivity contribution in [2.24, 2.45) is 0 Å². The van der Waals surface area contributed by atoms with Crippen molar-refractivity contribution in [1.82, 2.24) is 15.1 Å². The van der Waals surface area contributed by atoms with E-state index in [0.29, 0.717) is 13.1 Å². The second-order valence-electron chi connectivity index (χ2n) is 6.63. The van der Waals surface area contributed by atoms with E-state index in [9.17, 15) is 9.59 Å². The lowest BCUT2D eigenvalue weighted by atomic mass is 9.98. The van der Waals surface area contributed by atoms with Crippen LogP contribution in [0.4, 0.5) is 4.79 Å². The molecule has 1 N–H and O–H groups in total. The summed E-state index contributed by atoms with van der Waals surface area (Å²) in [6.07, 6.45) is 8.11. The fourth-order valence-electron chi connectivity index (χ4n) is 3.78. The number of nitrogens with one attached hydrogen (secondary N) is 1. The van der Waals surface area contributed by atoms with E-state index < -0.39 is 0 Å². The Morgan fingerprint density at radius 1 is 1.14 bits per heavy atom. The van der Waals surface area contributed by atoms with Gasteiger partial charge < -0.3 is 19.9 Å². The lowest BCUT2D eigenvalue weighted by molar-refractivity contribution is -0.140. The van der Waals surface area contributed by atoms with Gasteiger partial charge in [-0.25, -0.2) is 4.79 Å². The number of ether oxygens (including phenoxy) is 1. The molecule has 0 unspecified atom stereocenters. The lowest BCUT2D eigenvalue weighted by Gasteiger charge is -2.37. The van der Waals surface area contributed by atoms with E-state index in [1.807, 2.05) is 9.80 Å². The molecule has 3 aliphatic rings. The van der Waals surface area contributed by atoms with Crippen LogP contribution >= 0.6 is 0 Å². The van der Waals surface area contributed by atoms with Gasteiger partial charge in [0.05, 0.1) is 12.1 Å². The third kappa shape index (κ3) is 3.72. The first kappa shape index (κ1) is 15.6. The second-order valence-corrected chi connectivity index (χ2v) is 6.63. The van der Waals surface area contributed by atoms with Crippen molar-refractivity contribution in [3.63, 3.8) is 0 Å². The van der Waals surface area contributed by atoms with Gasteiger partial charge in [-0.1, -0.05) is 19.3 Å². The topological polar surface area (TPSA) is 61.9 Å². The van der Waals surface area contributed by atoms with Crippen molar-refractivity contribution in [2.75, 3.05) is 32.8 Å². The Balaban J connectivity index is 1.46. The lowest BCUT2D eigenvalue weighted by Crippen LogP contribution is -2.51. The molecule has 3 fully saturated rings. The van der Waals surface area contributed by atoms with Crippen LogP contribution in [0.1, 0.15) is 44.9 Å². The number of carbonyl (C=O) groups is 2. The zero-order valence-electron chi connectivity index (χ0n) is 13.3. The van der Waals surface area contributed by atoms with E-state index in [2.05, 4.69) is 5.32 Å². The van der Waals surface area contributed by atoms with Crippen molar-refractivity contribution in [3.05, 3.63) is 0 Å². The highest BCUT2D eigenvalue weighted by molar-refractivity contribution is 5.78. The molecule has 0 aromatic carbocycles. The number of urea groups is 1. The number of likely N-dealkylation sites (tertiary alicyclic amines) is 1. The van der Waals surface area contributed by atoms with Crippen LogP contribution in [-0.4, -0.2) is 66.7 Å². The highest BCUT2D eigenvalue weighted by Gasteiger charge is 2.32. The van der Waals surface area contributed by atoms with Crippen LogP contribution in [0.3, 0.4) is 0 Å². The Kier molecular flexibility index (Phi) is 5.18. The van der Waals surface area contributed by atoms with Crippen molar-refractivity contribution in [3.8, 4) is 0 Å². The highest BCUT2D eigenvalue weighted by atomic mass is 16.5. The molecular formula is C16H27N3O3. The molecule has 2 saturated heterocycles. The van der Waals surface area contributed by atoms with Crippen LogP contribution in [-0.2, 0) is 9.53 Å². The third-order valence-electron chi connectivity index (χ3n) is 5.07. The molecule has 1 atom stereocenters. The SMILES string of the molecule is O=C(COC1CCCCC1)N1CCC[C@H](N2CCNC2=O)C1. The van der Waals surface area contributed by atoms with Crippen LogP contribution in [0.15, 0.2) is 0 Å². The Morgan fingerprint density at radius 3 is 2.68 bits per heavy atom. The summed E-state index contributed by atoms with van der Waals surface area (Å²) in [6, 6.07) is 0.174. The Hall–Kier alpha value is -1.30. The van der Waals surface area contributed by atoms with Gasteiger partial charge in [-0.05, 0) is 25.7 Å². The average Bonchev–Trinajstić information content (AvgIpc) is 3.00. The summed E-state index contributed by atoms with van der Waals surface area (Å²) in [6.45, 7) is 3.11. The zero-order valence-corrected chi connectivity index (χ0v) is 13.3. The minimum absolute atomic E-state index is 0.0118. The van der Waals surface area contributed by atoms with Gasteiger partial charge in [-0.3, -0.25) is 4.79 Å². The monoisotopic (exact) mass is 309 g/mol. The number of hydrogen-bond acceptors (Lipinski definition) is 3. The number of carbonyl (C=O) groups excluding carboxylic acids is 2. The first-order valence-electron chi connectivity index (χ1n) is 8.68. The van der Waals surface area contributed by atoms with Crippen molar-refractivity contribution in [1.29, 1.82) is 0 Å². The predicted molar refractivity (Wildman–Crippen MR) is 82.5 cm³/mol. The number of nitrogens with zero attached hydrogens (tertiary/aromatic N) is 2. The van der Waals surface area contributed by atoms with E-state index in [1.54, 1.807) is 0 Å². The molecule has 6 nitrogen and oxygen atoms in total. The van der Waals surface area contributed by atoms with E-state index in [4.69, 9.17) is 4.74 Å². The fourth-order valence-corrected chi connectivity index (χ4v) is 3.78. The van der Waals surface area contributed by atoms with Crippen LogP contribution < -0.4 is 5.32 Å². The normalized spacial score (nSPS) is 27.1. The molecule has 124 valence electrons.